The van der Waals surface area contributed by atoms with E-state index >= 15 is 0 Å². The molecule has 0 radical (unpaired) electrons. The molecule has 1 aliphatic heterocycles. The normalized spacial score (nSPS) is 16.8. The number of para-hydroxylation sites is 1. The van der Waals surface area contributed by atoms with Crippen molar-refractivity contribution in [3.05, 3.63) is 52.7 Å². The Labute approximate surface area is 164 Å². The average Bonchev–Trinajstić information content (AvgIpc) is 3.50. The van der Waals surface area contributed by atoms with Gasteiger partial charge in [0.2, 0.25) is 0 Å². The number of methoxy groups -OCH3 is 1. The van der Waals surface area contributed by atoms with Crippen LogP contribution in [0, 0.1) is 0 Å². The number of hydrogen-bond acceptors (Lipinski definition) is 7. The van der Waals surface area contributed by atoms with Gasteiger partial charge in [-0.15, -0.1) is 0 Å². The zero-order chi connectivity index (χ0) is 19.1. The van der Waals surface area contributed by atoms with Crippen LogP contribution < -0.4 is 4.74 Å². The first kappa shape index (κ1) is 17.0. The summed E-state index contributed by atoms with van der Waals surface area (Å²) in [5.41, 5.74) is 1.51. The molecular formula is C20H17N3O4S. The Bertz CT molecular complexity index is 1130. The van der Waals surface area contributed by atoms with E-state index in [0.717, 1.165) is 17.4 Å². The Kier molecular flexibility index (Phi) is 4.12. The maximum absolute atomic E-state index is 12.9. The van der Waals surface area contributed by atoms with Crippen LogP contribution in [0.4, 0.5) is 0 Å². The number of benzene rings is 1. The second-order valence-corrected chi connectivity index (χ2v) is 7.48. The van der Waals surface area contributed by atoms with Crippen LogP contribution in [0.1, 0.15) is 28.7 Å². The first-order valence-electron chi connectivity index (χ1n) is 8.95. The lowest BCUT2D eigenvalue weighted by atomic mass is 10.1. The Morgan fingerprint density at radius 1 is 1.36 bits per heavy atom. The summed E-state index contributed by atoms with van der Waals surface area (Å²) in [5.74, 6) is 2.00. The number of carbonyl (C=O) groups is 1. The van der Waals surface area contributed by atoms with Gasteiger partial charge in [-0.3, -0.25) is 4.79 Å². The summed E-state index contributed by atoms with van der Waals surface area (Å²) < 4.78 is 16.5. The smallest absolute Gasteiger partial charge is 0.289 e. The minimum absolute atomic E-state index is 0.0546. The summed E-state index contributed by atoms with van der Waals surface area (Å²) in [6.07, 6.45) is 0.790. The van der Waals surface area contributed by atoms with Crippen molar-refractivity contribution in [1.82, 2.24) is 15.0 Å². The number of nitrogens with zero attached hydrogens (tertiary/aromatic N) is 3. The van der Waals surface area contributed by atoms with Gasteiger partial charge in [-0.05, 0) is 30.0 Å². The molecule has 0 spiro atoms. The van der Waals surface area contributed by atoms with E-state index in [4.69, 9.17) is 13.7 Å². The van der Waals surface area contributed by atoms with Crippen LogP contribution in [0.25, 0.3) is 22.4 Å². The molecule has 1 aliphatic rings. The van der Waals surface area contributed by atoms with Crippen LogP contribution >= 0.6 is 11.3 Å². The Morgan fingerprint density at radius 2 is 2.29 bits per heavy atom. The number of hydrogen-bond donors (Lipinski definition) is 0. The van der Waals surface area contributed by atoms with Crippen molar-refractivity contribution in [2.45, 2.75) is 12.3 Å². The van der Waals surface area contributed by atoms with Crippen molar-refractivity contribution < 1.29 is 18.5 Å². The van der Waals surface area contributed by atoms with Gasteiger partial charge < -0.3 is 18.6 Å². The zero-order valence-corrected chi connectivity index (χ0v) is 15.9. The van der Waals surface area contributed by atoms with Gasteiger partial charge in [0, 0.05) is 29.8 Å². The molecule has 1 unspecified atom stereocenters. The molecule has 7 nitrogen and oxygen atoms in total. The van der Waals surface area contributed by atoms with Gasteiger partial charge in [0.1, 0.15) is 0 Å². The lowest BCUT2D eigenvalue weighted by molar-refractivity contribution is 0.0761. The lowest BCUT2D eigenvalue weighted by Gasteiger charge is -2.13. The van der Waals surface area contributed by atoms with Gasteiger partial charge in [0.05, 0.1) is 12.7 Å². The maximum atomic E-state index is 12.9. The molecule has 142 valence electrons. The van der Waals surface area contributed by atoms with E-state index in [1.54, 1.807) is 29.4 Å². The predicted octanol–water partition coefficient (Wildman–Crippen LogP) is 4.18. The number of rotatable bonds is 4. The summed E-state index contributed by atoms with van der Waals surface area (Å²) in [4.78, 5) is 19.2. The van der Waals surface area contributed by atoms with Crippen LogP contribution in [0.3, 0.4) is 0 Å². The monoisotopic (exact) mass is 395 g/mol. The van der Waals surface area contributed by atoms with Crippen molar-refractivity contribution in [2.75, 3.05) is 20.2 Å². The molecule has 4 aromatic rings. The summed E-state index contributed by atoms with van der Waals surface area (Å²) in [6, 6.07) is 9.29. The molecule has 1 aromatic carbocycles. The number of aromatic nitrogens is 2. The second-order valence-electron chi connectivity index (χ2n) is 6.70. The van der Waals surface area contributed by atoms with Crippen LogP contribution in [-0.2, 0) is 0 Å². The largest absolute Gasteiger partial charge is 0.493 e. The molecule has 5 rings (SSSR count). The van der Waals surface area contributed by atoms with E-state index in [2.05, 4.69) is 10.1 Å². The highest BCUT2D eigenvalue weighted by atomic mass is 32.1. The number of amides is 1. The first-order chi connectivity index (χ1) is 13.7. The SMILES string of the molecule is COc1cccc2cc(C(=O)N3CCC(c4noc(-c5ccsc5)n4)C3)oc12. The number of fused-ring (bicyclic) bond motifs is 1. The first-order valence-corrected chi connectivity index (χ1v) is 9.89. The van der Waals surface area contributed by atoms with E-state index in [0.29, 0.717) is 41.9 Å². The third-order valence-electron chi connectivity index (χ3n) is 4.99. The van der Waals surface area contributed by atoms with E-state index in [1.165, 1.54) is 0 Å². The Balaban J connectivity index is 1.34. The fourth-order valence-corrected chi connectivity index (χ4v) is 4.15. The molecule has 1 saturated heterocycles. The third kappa shape index (κ3) is 2.86. The maximum Gasteiger partial charge on any atom is 0.289 e. The molecule has 8 heteroatoms. The van der Waals surface area contributed by atoms with Crippen molar-refractivity contribution >= 4 is 28.2 Å². The van der Waals surface area contributed by atoms with Crippen LogP contribution in [0.5, 0.6) is 5.75 Å². The minimum Gasteiger partial charge on any atom is -0.493 e. The van der Waals surface area contributed by atoms with E-state index < -0.39 is 0 Å². The standard InChI is InChI=1S/C20H17N3O4S/c1-25-15-4-2-3-12-9-16(26-17(12)15)20(24)23-7-5-13(10-23)18-21-19(27-22-18)14-6-8-28-11-14/h2-4,6,8-9,11,13H,5,7,10H2,1H3. The summed E-state index contributed by atoms with van der Waals surface area (Å²) in [7, 11) is 1.58. The number of furan rings is 1. The van der Waals surface area contributed by atoms with Crippen LogP contribution in [0.15, 0.2) is 50.0 Å². The van der Waals surface area contributed by atoms with E-state index in [1.807, 2.05) is 35.0 Å². The molecule has 1 amide bonds. The lowest BCUT2D eigenvalue weighted by Crippen LogP contribution is -2.28. The fourth-order valence-electron chi connectivity index (χ4n) is 3.52. The van der Waals surface area contributed by atoms with Gasteiger partial charge in [0.15, 0.2) is 22.9 Å². The highest BCUT2D eigenvalue weighted by Gasteiger charge is 2.32. The van der Waals surface area contributed by atoms with Gasteiger partial charge in [-0.25, -0.2) is 0 Å². The van der Waals surface area contributed by atoms with E-state index in [-0.39, 0.29) is 11.8 Å². The third-order valence-corrected chi connectivity index (χ3v) is 5.67. The Morgan fingerprint density at radius 3 is 3.11 bits per heavy atom. The highest BCUT2D eigenvalue weighted by Crippen LogP contribution is 2.32. The topological polar surface area (TPSA) is 81.6 Å². The average molecular weight is 395 g/mol. The molecule has 0 bridgehead atoms. The van der Waals surface area contributed by atoms with Crippen molar-refractivity contribution in [2.24, 2.45) is 0 Å². The molecule has 4 heterocycles. The second kappa shape index (κ2) is 6.79. The number of carbonyl (C=O) groups excluding carboxylic acids is 1. The summed E-state index contributed by atoms with van der Waals surface area (Å²) in [6.45, 7) is 1.16. The molecule has 1 fully saturated rings. The molecule has 28 heavy (non-hydrogen) atoms. The number of thiophene rings is 1. The Hall–Kier alpha value is -3.13. The van der Waals surface area contributed by atoms with Crippen molar-refractivity contribution in [1.29, 1.82) is 0 Å². The van der Waals surface area contributed by atoms with Crippen LogP contribution in [0.2, 0.25) is 0 Å². The van der Waals surface area contributed by atoms with Crippen molar-refractivity contribution in [3.63, 3.8) is 0 Å². The van der Waals surface area contributed by atoms with Crippen LogP contribution in [-0.4, -0.2) is 41.1 Å². The zero-order valence-electron chi connectivity index (χ0n) is 15.1. The number of likely N-dealkylation sites (tertiary alicyclic amines) is 1. The fraction of sp³-hybridized carbons (Fsp3) is 0.250. The van der Waals surface area contributed by atoms with Gasteiger partial charge in [-0.1, -0.05) is 17.3 Å². The number of ether oxygens (including phenoxy) is 1. The minimum atomic E-state index is -0.137. The molecule has 3 aromatic heterocycles. The molecule has 0 N–H and O–H groups in total. The summed E-state index contributed by atoms with van der Waals surface area (Å²) >= 11 is 1.58. The molecule has 0 aliphatic carbocycles. The van der Waals surface area contributed by atoms with E-state index in [9.17, 15) is 4.79 Å². The molecule has 0 saturated carbocycles. The van der Waals surface area contributed by atoms with Gasteiger partial charge in [0.25, 0.3) is 11.8 Å². The van der Waals surface area contributed by atoms with Gasteiger partial charge in [-0.2, -0.15) is 16.3 Å². The van der Waals surface area contributed by atoms with Crippen molar-refractivity contribution in [3.8, 4) is 17.2 Å². The van der Waals surface area contributed by atoms with Gasteiger partial charge >= 0.3 is 0 Å². The highest BCUT2D eigenvalue weighted by molar-refractivity contribution is 7.08. The molecular weight excluding hydrogens is 378 g/mol. The predicted molar refractivity (Wildman–Crippen MR) is 104 cm³/mol. The molecule has 1 atom stereocenters. The summed E-state index contributed by atoms with van der Waals surface area (Å²) in [5, 5.41) is 8.90. The quantitative estimate of drug-likeness (QED) is 0.516.